The molecule has 0 saturated carbocycles. The monoisotopic (exact) mass is 229 g/mol. The number of hydrazine groups is 1. The van der Waals surface area contributed by atoms with E-state index in [1.54, 1.807) is 12.4 Å². The number of aromatic nitrogens is 2. The summed E-state index contributed by atoms with van der Waals surface area (Å²) in [6.07, 6.45) is 3.48. The Hall–Kier alpha value is -2.14. The van der Waals surface area contributed by atoms with Crippen molar-refractivity contribution in [2.75, 3.05) is 10.7 Å². The van der Waals surface area contributed by atoms with E-state index in [9.17, 15) is 0 Å². The molecular formula is C12H15N5. The zero-order valence-corrected chi connectivity index (χ0v) is 9.59. The Kier molecular flexibility index (Phi) is 3.52. The third-order valence-corrected chi connectivity index (χ3v) is 2.42. The van der Waals surface area contributed by atoms with Crippen LogP contribution in [0.2, 0.25) is 0 Å². The average Bonchev–Trinajstić information content (AvgIpc) is 2.40. The number of rotatable bonds is 4. The molecule has 1 unspecified atom stereocenters. The van der Waals surface area contributed by atoms with Crippen molar-refractivity contribution in [1.29, 1.82) is 0 Å². The highest BCUT2D eigenvalue weighted by atomic mass is 15.2. The number of nitrogen functional groups attached to an aromatic ring is 1. The van der Waals surface area contributed by atoms with E-state index in [1.807, 2.05) is 30.3 Å². The van der Waals surface area contributed by atoms with Crippen molar-refractivity contribution in [2.45, 2.75) is 13.0 Å². The highest BCUT2D eigenvalue weighted by Gasteiger charge is 2.06. The second-order valence-corrected chi connectivity index (χ2v) is 3.69. The van der Waals surface area contributed by atoms with Gasteiger partial charge in [-0.15, -0.1) is 0 Å². The van der Waals surface area contributed by atoms with Crippen LogP contribution in [0.1, 0.15) is 18.7 Å². The summed E-state index contributed by atoms with van der Waals surface area (Å²) in [5.74, 6) is 5.94. The summed E-state index contributed by atoms with van der Waals surface area (Å²) in [5, 5.41) is 3.33. The molecule has 0 fully saturated rings. The Morgan fingerprint density at radius 2 is 2.06 bits per heavy atom. The predicted octanol–water partition coefficient (Wildman–Crippen LogP) is 1.94. The number of anilines is 2. The van der Waals surface area contributed by atoms with Crippen molar-refractivity contribution in [1.82, 2.24) is 9.97 Å². The molecule has 2 aromatic rings. The van der Waals surface area contributed by atoms with Crippen LogP contribution in [0.5, 0.6) is 0 Å². The average molecular weight is 229 g/mol. The Balaban J connectivity index is 2.10. The van der Waals surface area contributed by atoms with Crippen LogP contribution in [-0.4, -0.2) is 9.97 Å². The third kappa shape index (κ3) is 2.92. The van der Waals surface area contributed by atoms with Crippen LogP contribution < -0.4 is 16.6 Å². The molecule has 0 radical (unpaired) electrons. The SMILES string of the molecule is CC(Nc1ccnc(NN)c1)c1ccccn1. The van der Waals surface area contributed by atoms with E-state index >= 15 is 0 Å². The highest BCUT2D eigenvalue weighted by molar-refractivity contribution is 5.52. The van der Waals surface area contributed by atoms with Crippen LogP contribution in [0.3, 0.4) is 0 Å². The van der Waals surface area contributed by atoms with E-state index < -0.39 is 0 Å². The van der Waals surface area contributed by atoms with Gasteiger partial charge >= 0.3 is 0 Å². The van der Waals surface area contributed by atoms with Crippen molar-refractivity contribution >= 4 is 11.5 Å². The zero-order valence-electron chi connectivity index (χ0n) is 9.59. The van der Waals surface area contributed by atoms with Crippen LogP contribution in [0.15, 0.2) is 42.7 Å². The molecule has 0 spiro atoms. The molecule has 0 aliphatic rings. The molecule has 2 aromatic heterocycles. The maximum Gasteiger partial charge on any atom is 0.141 e. The van der Waals surface area contributed by atoms with E-state index in [1.165, 1.54) is 0 Å². The number of hydrogen-bond donors (Lipinski definition) is 3. The molecule has 17 heavy (non-hydrogen) atoms. The first-order valence-electron chi connectivity index (χ1n) is 5.40. The molecule has 0 amide bonds. The Morgan fingerprint density at radius 3 is 2.76 bits per heavy atom. The van der Waals surface area contributed by atoms with Crippen molar-refractivity contribution in [3.63, 3.8) is 0 Å². The number of nitrogens with two attached hydrogens (primary N) is 1. The van der Waals surface area contributed by atoms with Crippen molar-refractivity contribution in [2.24, 2.45) is 5.84 Å². The minimum atomic E-state index is 0.129. The molecular weight excluding hydrogens is 214 g/mol. The van der Waals surface area contributed by atoms with Crippen molar-refractivity contribution in [3.8, 4) is 0 Å². The summed E-state index contributed by atoms with van der Waals surface area (Å²) in [6.45, 7) is 2.05. The maximum atomic E-state index is 5.31. The van der Waals surface area contributed by atoms with Gasteiger partial charge in [0, 0.05) is 24.1 Å². The van der Waals surface area contributed by atoms with Crippen molar-refractivity contribution in [3.05, 3.63) is 48.4 Å². The fourth-order valence-corrected chi connectivity index (χ4v) is 1.56. The minimum Gasteiger partial charge on any atom is -0.377 e. The molecule has 88 valence electrons. The molecule has 0 bridgehead atoms. The minimum absolute atomic E-state index is 0.129. The highest BCUT2D eigenvalue weighted by Crippen LogP contribution is 2.18. The second-order valence-electron chi connectivity index (χ2n) is 3.69. The van der Waals surface area contributed by atoms with Crippen LogP contribution in [-0.2, 0) is 0 Å². The largest absolute Gasteiger partial charge is 0.377 e. The summed E-state index contributed by atoms with van der Waals surface area (Å²) in [7, 11) is 0. The predicted molar refractivity (Wildman–Crippen MR) is 68.3 cm³/mol. The quantitative estimate of drug-likeness (QED) is 0.551. The Bertz CT molecular complexity index is 471. The molecule has 5 heteroatoms. The maximum absolute atomic E-state index is 5.31. The van der Waals surface area contributed by atoms with Crippen molar-refractivity contribution < 1.29 is 0 Å². The summed E-state index contributed by atoms with van der Waals surface area (Å²) >= 11 is 0. The lowest BCUT2D eigenvalue weighted by molar-refractivity contribution is 0.839. The smallest absolute Gasteiger partial charge is 0.141 e. The first-order chi connectivity index (χ1) is 8.29. The van der Waals surface area contributed by atoms with Gasteiger partial charge in [0.25, 0.3) is 0 Å². The lowest BCUT2D eigenvalue weighted by Gasteiger charge is -2.14. The second kappa shape index (κ2) is 5.27. The Morgan fingerprint density at radius 1 is 1.18 bits per heavy atom. The first-order valence-corrected chi connectivity index (χ1v) is 5.40. The molecule has 4 N–H and O–H groups in total. The molecule has 0 saturated heterocycles. The van der Waals surface area contributed by atoms with Crippen LogP contribution in [0.4, 0.5) is 11.5 Å². The lowest BCUT2D eigenvalue weighted by atomic mass is 10.2. The van der Waals surface area contributed by atoms with Gasteiger partial charge in [0.1, 0.15) is 5.82 Å². The van der Waals surface area contributed by atoms with E-state index in [0.717, 1.165) is 11.4 Å². The fourth-order valence-electron chi connectivity index (χ4n) is 1.56. The number of hydrogen-bond acceptors (Lipinski definition) is 5. The van der Waals surface area contributed by atoms with Gasteiger partial charge in [-0.05, 0) is 25.1 Å². The third-order valence-electron chi connectivity index (χ3n) is 2.42. The molecule has 0 aromatic carbocycles. The molecule has 5 nitrogen and oxygen atoms in total. The van der Waals surface area contributed by atoms with Crippen LogP contribution in [0.25, 0.3) is 0 Å². The van der Waals surface area contributed by atoms with Crippen LogP contribution in [0, 0.1) is 0 Å². The molecule has 0 aliphatic heterocycles. The first kappa shape index (κ1) is 11.3. The van der Waals surface area contributed by atoms with Crippen LogP contribution >= 0.6 is 0 Å². The van der Waals surface area contributed by atoms with Gasteiger partial charge in [-0.3, -0.25) is 4.98 Å². The number of pyridine rings is 2. The standard InChI is InChI=1S/C12H15N5/c1-9(11-4-2-3-6-14-11)16-10-5-7-15-12(8-10)17-13/h2-9H,13H2,1H3,(H2,15,16,17). The fraction of sp³-hybridized carbons (Fsp3) is 0.167. The summed E-state index contributed by atoms with van der Waals surface area (Å²) < 4.78 is 0. The molecule has 2 heterocycles. The zero-order chi connectivity index (χ0) is 12.1. The Labute approximate surface area is 100 Å². The lowest BCUT2D eigenvalue weighted by Crippen LogP contribution is -2.11. The number of nitrogens with one attached hydrogen (secondary N) is 2. The van der Waals surface area contributed by atoms with E-state index in [4.69, 9.17) is 5.84 Å². The van der Waals surface area contributed by atoms with Gasteiger partial charge in [-0.1, -0.05) is 6.07 Å². The topological polar surface area (TPSA) is 75.9 Å². The summed E-state index contributed by atoms with van der Waals surface area (Å²) in [4.78, 5) is 8.35. The number of nitrogens with zero attached hydrogens (tertiary/aromatic N) is 2. The summed E-state index contributed by atoms with van der Waals surface area (Å²) in [6, 6.07) is 9.73. The van der Waals surface area contributed by atoms with Gasteiger partial charge in [-0.25, -0.2) is 10.8 Å². The molecule has 2 rings (SSSR count). The van der Waals surface area contributed by atoms with E-state index in [2.05, 4.69) is 27.6 Å². The van der Waals surface area contributed by atoms with Gasteiger partial charge in [0.2, 0.25) is 0 Å². The van der Waals surface area contributed by atoms with Gasteiger partial charge < -0.3 is 10.7 Å². The van der Waals surface area contributed by atoms with E-state index in [-0.39, 0.29) is 6.04 Å². The van der Waals surface area contributed by atoms with Gasteiger partial charge in [0.15, 0.2) is 0 Å². The normalized spacial score (nSPS) is 11.9. The van der Waals surface area contributed by atoms with Gasteiger partial charge in [-0.2, -0.15) is 0 Å². The summed E-state index contributed by atoms with van der Waals surface area (Å²) in [5.41, 5.74) is 4.46. The van der Waals surface area contributed by atoms with E-state index in [0.29, 0.717) is 5.82 Å². The van der Waals surface area contributed by atoms with Gasteiger partial charge in [0.05, 0.1) is 11.7 Å². The molecule has 1 atom stereocenters. The molecule has 0 aliphatic carbocycles.